The molecule has 0 radical (unpaired) electrons. The molecule has 1 aliphatic carbocycles. The van der Waals surface area contributed by atoms with E-state index in [1.54, 1.807) is 0 Å². The van der Waals surface area contributed by atoms with Gasteiger partial charge in [-0.1, -0.05) is 26.8 Å². The van der Waals surface area contributed by atoms with Gasteiger partial charge in [0, 0.05) is 23.9 Å². The molecule has 2 aromatic rings. The van der Waals surface area contributed by atoms with Gasteiger partial charge in [-0.15, -0.1) is 11.3 Å². The summed E-state index contributed by atoms with van der Waals surface area (Å²) in [6.07, 6.45) is -0.376. The van der Waals surface area contributed by atoms with E-state index in [0.717, 1.165) is 28.8 Å². The molecule has 2 aromatic heterocycles. The molecule has 4 heterocycles. The van der Waals surface area contributed by atoms with Crippen LogP contribution in [-0.4, -0.2) is 39.4 Å². The highest BCUT2D eigenvalue weighted by Crippen LogP contribution is 2.53. The maximum atomic E-state index is 13.9. The molecule has 1 N–H and O–H groups in total. The maximum Gasteiger partial charge on any atom is 0.410 e. The number of fused-ring (bicyclic) bond motifs is 3. The van der Waals surface area contributed by atoms with E-state index in [4.69, 9.17) is 0 Å². The van der Waals surface area contributed by atoms with Crippen molar-refractivity contribution in [3.05, 3.63) is 34.2 Å². The second kappa shape index (κ2) is 6.73. The Bertz CT molecular complexity index is 999. The number of thiophene rings is 1. The Morgan fingerprint density at radius 1 is 1.29 bits per heavy atom. The van der Waals surface area contributed by atoms with E-state index in [-0.39, 0.29) is 40.6 Å². The number of alkyl halides is 3. The van der Waals surface area contributed by atoms with E-state index in [0.29, 0.717) is 6.54 Å². The smallest absolute Gasteiger partial charge is 0.362 e. The quantitative estimate of drug-likeness (QED) is 0.641. The highest BCUT2D eigenvalue weighted by Gasteiger charge is 2.52. The first-order chi connectivity index (χ1) is 14.5. The molecule has 0 spiro atoms. The van der Waals surface area contributed by atoms with Crippen LogP contribution >= 0.6 is 11.3 Å². The minimum Gasteiger partial charge on any atom is -0.362 e. The maximum absolute atomic E-state index is 13.9. The number of carbonyl (C=O) groups excluding carboxylic acids is 1. The topological polar surface area (TPSA) is 50.2 Å². The average molecular weight is 453 g/mol. The number of anilines is 1. The highest BCUT2D eigenvalue weighted by atomic mass is 32.1. The number of hydrogen-bond donors (Lipinski definition) is 1. The molecule has 0 aromatic carbocycles. The second-order valence-corrected chi connectivity index (χ2v) is 11.5. The molecule has 2 bridgehead atoms. The first kappa shape index (κ1) is 20.8. The van der Waals surface area contributed by atoms with Crippen molar-refractivity contribution in [2.45, 2.75) is 70.8 Å². The van der Waals surface area contributed by atoms with Crippen molar-refractivity contribution in [3.8, 4) is 0 Å². The summed E-state index contributed by atoms with van der Waals surface area (Å²) >= 11 is 1.42. The van der Waals surface area contributed by atoms with Crippen molar-refractivity contribution >= 4 is 23.1 Å². The third kappa shape index (κ3) is 3.54. The van der Waals surface area contributed by atoms with E-state index in [9.17, 15) is 18.0 Å². The molecule has 4 unspecified atom stereocenters. The van der Waals surface area contributed by atoms with Crippen LogP contribution in [0.15, 0.2) is 23.7 Å². The number of likely N-dealkylation sites (tertiary alicyclic amines) is 1. The average Bonchev–Trinajstić information content (AvgIpc) is 3.36. The predicted octanol–water partition coefficient (Wildman–Crippen LogP) is 5.65. The largest absolute Gasteiger partial charge is 0.410 e. The Balaban J connectivity index is 1.50. The number of nitrogens with zero attached hydrogens (tertiary/aromatic N) is 3. The molecule has 2 aliphatic heterocycles. The molecule has 4 atom stereocenters. The normalized spacial score (nSPS) is 31.9. The van der Waals surface area contributed by atoms with E-state index in [2.05, 4.69) is 31.2 Å². The van der Waals surface area contributed by atoms with E-state index >= 15 is 0 Å². The van der Waals surface area contributed by atoms with Crippen molar-refractivity contribution in [2.24, 2.45) is 10.8 Å². The van der Waals surface area contributed by atoms with Crippen LogP contribution in [0.2, 0.25) is 0 Å². The van der Waals surface area contributed by atoms with Crippen molar-refractivity contribution in [3.63, 3.8) is 0 Å². The van der Waals surface area contributed by atoms with Crippen LogP contribution in [0.1, 0.15) is 73.8 Å². The van der Waals surface area contributed by atoms with Crippen LogP contribution in [0, 0.1) is 10.8 Å². The predicted molar refractivity (Wildman–Crippen MR) is 113 cm³/mol. The standard InChI is InChI=1S/C22H27F3N4OS/c1-20(2)8-13-9-21(3,11-20)12-28(13)19(30)14-10-26-29-17(22(23,24)25)7-15(27-18(14)29)16-5-4-6-31-16/h4-6,10,13,15,17,27H,7-9,11-12H2,1-3H3. The van der Waals surface area contributed by atoms with Gasteiger partial charge in [0.05, 0.1) is 12.2 Å². The third-order valence-electron chi connectivity index (χ3n) is 7.03. The zero-order valence-corrected chi connectivity index (χ0v) is 18.7. The lowest BCUT2D eigenvalue weighted by molar-refractivity contribution is -0.173. The summed E-state index contributed by atoms with van der Waals surface area (Å²) < 4.78 is 42.6. The van der Waals surface area contributed by atoms with Crippen LogP contribution in [-0.2, 0) is 0 Å². The molecule has 5 nitrogen and oxygen atoms in total. The first-order valence-corrected chi connectivity index (χ1v) is 11.6. The molecule has 168 valence electrons. The molecular weight excluding hydrogens is 425 g/mol. The van der Waals surface area contributed by atoms with Gasteiger partial charge in [-0.05, 0) is 41.5 Å². The third-order valence-corrected chi connectivity index (χ3v) is 8.02. The molecule has 31 heavy (non-hydrogen) atoms. The first-order valence-electron chi connectivity index (χ1n) is 10.7. The molecule has 5 rings (SSSR count). The van der Waals surface area contributed by atoms with Crippen molar-refractivity contribution < 1.29 is 18.0 Å². The number of aromatic nitrogens is 2. The van der Waals surface area contributed by atoms with Crippen LogP contribution in [0.25, 0.3) is 0 Å². The zero-order valence-electron chi connectivity index (χ0n) is 17.9. The summed E-state index contributed by atoms with van der Waals surface area (Å²) in [5.74, 6) is -0.0317. The second-order valence-electron chi connectivity index (χ2n) is 10.5. The Labute approximate surface area is 183 Å². The number of nitrogens with one attached hydrogen (secondary N) is 1. The van der Waals surface area contributed by atoms with Crippen LogP contribution < -0.4 is 5.32 Å². The number of halogens is 3. The number of rotatable bonds is 2. The fourth-order valence-corrected chi connectivity index (χ4v) is 7.04. The lowest BCUT2D eigenvalue weighted by Crippen LogP contribution is -2.39. The number of hydrogen-bond acceptors (Lipinski definition) is 4. The van der Waals surface area contributed by atoms with Crippen LogP contribution in [0.5, 0.6) is 0 Å². The SMILES string of the molecule is CC1(C)CC2CC(C)(CN2C(=O)c2cnn3c2NC(c2cccs2)CC3C(F)(F)F)C1. The van der Waals surface area contributed by atoms with Gasteiger partial charge in [-0.3, -0.25) is 4.79 Å². The van der Waals surface area contributed by atoms with E-state index in [1.807, 2.05) is 22.4 Å². The monoisotopic (exact) mass is 452 g/mol. The minimum absolute atomic E-state index is 0.0523. The summed E-state index contributed by atoms with van der Waals surface area (Å²) in [5, 5.41) is 9.09. The number of amides is 1. The van der Waals surface area contributed by atoms with E-state index < -0.39 is 18.3 Å². The number of carbonyl (C=O) groups is 1. The fraction of sp³-hybridized carbons (Fsp3) is 0.636. The lowest BCUT2D eigenvalue weighted by Gasteiger charge is -2.39. The lowest BCUT2D eigenvalue weighted by atomic mass is 9.65. The minimum atomic E-state index is -4.44. The van der Waals surface area contributed by atoms with Crippen LogP contribution in [0.3, 0.4) is 0 Å². The summed E-state index contributed by atoms with van der Waals surface area (Å²) in [6, 6.07) is 1.51. The Morgan fingerprint density at radius 2 is 2.06 bits per heavy atom. The summed E-state index contributed by atoms with van der Waals surface area (Å²) in [7, 11) is 0. The van der Waals surface area contributed by atoms with Crippen molar-refractivity contribution in [1.82, 2.24) is 14.7 Å². The summed E-state index contributed by atoms with van der Waals surface area (Å²) in [4.78, 5) is 16.3. The van der Waals surface area contributed by atoms with Gasteiger partial charge >= 0.3 is 6.18 Å². The molecule has 2 fully saturated rings. The Hall–Kier alpha value is -2.03. The molecule has 1 saturated heterocycles. The van der Waals surface area contributed by atoms with Gasteiger partial charge in [-0.2, -0.15) is 18.3 Å². The highest BCUT2D eigenvalue weighted by molar-refractivity contribution is 7.10. The fourth-order valence-electron chi connectivity index (χ4n) is 6.25. The van der Waals surface area contributed by atoms with Crippen molar-refractivity contribution in [1.29, 1.82) is 0 Å². The molecule has 9 heteroatoms. The Kier molecular flexibility index (Phi) is 4.53. The summed E-state index contributed by atoms with van der Waals surface area (Å²) in [6.45, 7) is 7.32. The van der Waals surface area contributed by atoms with Gasteiger partial charge in [0.25, 0.3) is 5.91 Å². The van der Waals surface area contributed by atoms with E-state index in [1.165, 1.54) is 17.5 Å². The summed E-state index contributed by atoms with van der Waals surface area (Å²) in [5.41, 5.74) is 0.440. The van der Waals surface area contributed by atoms with Crippen molar-refractivity contribution in [2.75, 3.05) is 11.9 Å². The Morgan fingerprint density at radius 3 is 2.74 bits per heavy atom. The molecule has 3 aliphatic rings. The molecular formula is C22H27F3N4OS. The molecule has 1 amide bonds. The van der Waals surface area contributed by atoms with Gasteiger partial charge in [0.2, 0.25) is 0 Å². The molecule has 1 saturated carbocycles. The van der Waals surface area contributed by atoms with Gasteiger partial charge in [0.1, 0.15) is 11.4 Å². The van der Waals surface area contributed by atoms with Gasteiger partial charge in [0.15, 0.2) is 6.04 Å². The van der Waals surface area contributed by atoms with Gasteiger partial charge < -0.3 is 10.2 Å². The zero-order chi connectivity index (χ0) is 22.2. The van der Waals surface area contributed by atoms with Gasteiger partial charge in [-0.25, -0.2) is 4.68 Å². The van der Waals surface area contributed by atoms with Crippen LogP contribution in [0.4, 0.5) is 19.0 Å².